The van der Waals surface area contributed by atoms with Crippen molar-refractivity contribution >= 4 is 21.7 Å². The maximum Gasteiger partial charge on any atom is 0.246 e. The number of aryl methyl sites for hydroxylation is 1. The molecule has 8 nitrogen and oxygen atoms in total. The van der Waals surface area contributed by atoms with Gasteiger partial charge in [0.2, 0.25) is 15.9 Å². The molecule has 9 heteroatoms. The van der Waals surface area contributed by atoms with Gasteiger partial charge < -0.3 is 10.6 Å². The van der Waals surface area contributed by atoms with Crippen LogP contribution in [0.15, 0.2) is 11.1 Å². The molecule has 0 atom stereocenters. The highest BCUT2D eigenvalue weighted by Gasteiger charge is 2.23. The topological polar surface area (TPSA) is 110 Å². The number of amides is 1. The van der Waals surface area contributed by atoms with Gasteiger partial charge in [-0.25, -0.2) is 13.1 Å². The number of piperidine rings is 1. The molecule has 112 valence electrons. The number of anilines is 1. The van der Waals surface area contributed by atoms with Crippen LogP contribution in [0, 0.1) is 0 Å². The summed E-state index contributed by atoms with van der Waals surface area (Å²) < 4.78 is 27.7. The second kappa shape index (κ2) is 5.80. The summed E-state index contributed by atoms with van der Waals surface area (Å²) >= 11 is 0. The lowest BCUT2D eigenvalue weighted by atomic mass is 10.1. The van der Waals surface area contributed by atoms with E-state index in [-0.39, 0.29) is 23.2 Å². The predicted molar refractivity (Wildman–Crippen MR) is 73.2 cm³/mol. The van der Waals surface area contributed by atoms with Crippen molar-refractivity contribution in [1.29, 1.82) is 0 Å². The number of nitrogen functional groups attached to an aromatic ring is 1. The van der Waals surface area contributed by atoms with Gasteiger partial charge in [0.15, 0.2) is 5.82 Å². The number of nitrogens with zero attached hydrogens (tertiary/aromatic N) is 3. The number of likely N-dealkylation sites (tertiary alicyclic amines) is 1. The molecule has 0 aromatic carbocycles. The van der Waals surface area contributed by atoms with Crippen LogP contribution in [0.3, 0.4) is 0 Å². The summed E-state index contributed by atoms with van der Waals surface area (Å²) in [5.74, 6) is -0.291. The van der Waals surface area contributed by atoms with Crippen molar-refractivity contribution in [3.63, 3.8) is 0 Å². The quantitative estimate of drug-likeness (QED) is 0.763. The standard InChI is InChI=1S/C11H19N5O3S/c1-15-8-9(11(12)14-15)20(18,19)13-7-10(17)16-5-3-2-4-6-16/h8,13H,2-7H2,1H3,(H2,12,14). The molecule has 1 aliphatic rings. The Morgan fingerprint density at radius 3 is 2.60 bits per heavy atom. The molecule has 2 heterocycles. The summed E-state index contributed by atoms with van der Waals surface area (Å²) in [6, 6.07) is 0. The Kier molecular flexibility index (Phi) is 4.29. The lowest BCUT2D eigenvalue weighted by molar-refractivity contribution is -0.130. The number of aromatic nitrogens is 2. The van der Waals surface area contributed by atoms with Crippen LogP contribution in [0.25, 0.3) is 0 Å². The molecule has 1 amide bonds. The molecule has 0 bridgehead atoms. The first-order valence-electron chi connectivity index (χ1n) is 6.47. The van der Waals surface area contributed by atoms with Crippen molar-refractivity contribution in [2.75, 3.05) is 25.4 Å². The van der Waals surface area contributed by atoms with Crippen LogP contribution in [0.4, 0.5) is 5.82 Å². The highest BCUT2D eigenvalue weighted by molar-refractivity contribution is 7.89. The third-order valence-corrected chi connectivity index (χ3v) is 4.65. The molecule has 0 spiro atoms. The molecular formula is C11H19N5O3S. The second-order valence-corrected chi connectivity index (χ2v) is 6.55. The average molecular weight is 301 g/mol. The average Bonchev–Trinajstić information content (AvgIpc) is 2.77. The minimum Gasteiger partial charge on any atom is -0.381 e. The summed E-state index contributed by atoms with van der Waals surface area (Å²) in [4.78, 5) is 13.5. The van der Waals surface area contributed by atoms with Gasteiger partial charge >= 0.3 is 0 Å². The lowest BCUT2D eigenvalue weighted by Crippen LogP contribution is -2.42. The molecule has 1 saturated heterocycles. The molecule has 1 aliphatic heterocycles. The van der Waals surface area contributed by atoms with E-state index in [2.05, 4.69) is 9.82 Å². The number of nitrogens with two attached hydrogens (primary N) is 1. The number of carbonyl (C=O) groups is 1. The number of rotatable bonds is 4. The smallest absolute Gasteiger partial charge is 0.246 e. The van der Waals surface area contributed by atoms with Crippen LogP contribution in [0.5, 0.6) is 0 Å². The summed E-state index contributed by atoms with van der Waals surface area (Å²) in [6.45, 7) is 1.13. The lowest BCUT2D eigenvalue weighted by Gasteiger charge is -2.26. The van der Waals surface area contributed by atoms with Crippen LogP contribution in [-0.4, -0.2) is 48.6 Å². The van der Waals surface area contributed by atoms with Crippen molar-refractivity contribution in [3.8, 4) is 0 Å². The SMILES string of the molecule is Cn1cc(S(=O)(=O)NCC(=O)N2CCCCC2)c(N)n1. The van der Waals surface area contributed by atoms with Gasteiger partial charge in [-0.15, -0.1) is 0 Å². The normalized spacial score (nSPS) is 16.4. The zero-order valence-corrected chi connectivity index (χ0v) is 12.2. The van der Waals surface area contributed by atoms with Gasteiger partial charge in [0, 0.05) is 26.3 Å². The van der Waals surface area contributed by atoms with E-state index >= 15 is 0 Å². The largest absolute Gasteiger partial charge is 0.381 e. The van der Waals surface area contributed by atoms with Gasteiger partial charge in [-0.3, -0.25) is 9.48 Å². The number of carbonyl (C=O) groups excluding carboxylic acids is 1. The molecule has 0 aliphatic carbocycles. The third-order valence-electron chi connectivity index (χ3n) is 3.23. The zero-order valence-electron chi connectivity index (χ0n) is 11.4. The van der Waals surface area contributed by atoms with Gasteiger partial charge in [0.05, 0.1) is 6.54 Å². The van der Waals surface area contributed by atoms with E-state index in [1.54, 1.807) is 11.9 Å². The van der Waals surface area contributed by atoms with Crippen LogP contribution < -0.4 is 10.5 Å². The molecule has 1 fully saturated rings. The predicted octanol–water partition coefficient (Wildman–Crippen LogP) is -0.707. The van der Waals surface area contributed by atoms with Gasteiger partial charge in [-0.1, -0.05) is 0 Å². The molecule has 0 saturated carbocycles. The minimum atomic E-state index is -3.81. The Bertz CT molecular complexity index is 589. The van der Waals surface area contributed by atoms with Gasteiger partial charge in [-0.05, 0) is 19.3 Å². The summed E-state index contributed by atoms with van der Waals surface area (Å²) in [7, 11) is -2.23. The van der Waals surface area contributed by atoms with Crippen molar-refractivity contribution in [1.82, 2.24) is 19.4 Å². The van der Waals surface area contributed by atoms with E-state index < -0.39 is 10.0 Å². The molecule has 0 unspecified atom stereocenters. The van der Waals surface area contributed by atoms with Crippen molar-refractivity contribution < 1.29 is 13.2 Å². The van der Waals surface area contributed by atoms with Crippen molar-refractivity contribution in [2.45, 2.75) is 24.2 Å². The van der Waals surface area contributed by atoms with Crippen LogP contribution in [-0.2, 0) is 21.9 Å². The number of hydrogen-bond donors (Lipinski definition) is 2. The maximum atomic E-state index is 12.0. The Morgan fingerprint density at radius 2 is 2.05 bits per heavy atom. The fraction of sp³-hybridized carbons (Fsp3) is 0.636. The molecule has 0 radical (unpaired) electrons. The number of sulfonamides is 1. The van der Waals surface area contributed by atoms with Gasteiger partial charge in [-0.2, -0.15) is 5.10 Å². The second-order valence-electron chi connectivity index (χ2n) is 4.82. The third kappa shape index (κ3) is 3.28. The van der Waals surface area contributed by atoms with Crippen molar-refractivity contribution in [3.05, 3.63) is 6.20 Å². The van der Waals surface area contributed by atoms with Crippen LogP contribution in [0.2, 0.25) is 0 Å². The molecule has 2 rings (SSSR count). The first kappa shape index (κ1) is 14.8. The fourth-order valence-electron chi connectivity index (χ4n) is 2.18. The Morgan fingerprint density at radius 1 is 1.40 bits per heavy atom. The Hall–Kier alpha value is -1.61. The van der Waals surface area contributed by atoms with E-state index in [9.17, 15) is 13.2 Å². The highest BCUT2D eigenvalue weighted by Crippen LogP contribution is 2.15. The fourth-order valence-corrected chi connectivity index (χ4v) is 3.26. The Labute approximate surface area is 118 Å². The monoisotopic (exact) mass is 301 g/mol. The number of nitrogens with one attached hydrogen (secondary N) is 1. The van der Waals surface area contributed by atoms with Crippen LogP contribution >= 0.6 is 0 Å². The summed E-state index contributed by atoms with van der Waals surface area (Å²) in [6.07, 6.45) is 4.35. The molecular weight excluding hydrogens is 282 g/mol. The van der Waals surface area contributed by atoms with E-state index in [4.69, 9.17) is 5.73 Å². The van der Waals surface area contributed by atoms with E-state index in [1.165, 1.54) is 10.9 Å². The Balaban J connectivity index is 1.98. The van der Waals surface area contributed by atoms with Gasteiger partial charge in [0.1, 0.15) is 4.90 Å². The first-order chi connectivity index (χ1) is 9.40. The first-order valence-corrected chi connectivity index (χ1v) is 7.95. The van der Waals surface area contributed by atoms with Gasteiger partial charge in [0.25, 0.3) is 0 Å². The summed E-state index contributed by atoms with van der Waals surface area (Å²) in [5.41, 5.74) is 5.53. The highest BCUT2D eigenvalue weighted by atomic mass is 32.2. The molecule has 1 aromatic heterocycles. The van der Waals surface area contributed by atoms with E-state index in [0.29, 0.717) is 13.1 Å². The molecule has 20 heavy (non-hydrogen) atoms. The van der Waals surface area contributed by atoms with E-state index in [1.807, 2.05) is 0 Å². The summed E-state index contributed by atoms with van der Waals surface area (Å²) in [5, 5.41) is 3.77. The minimum absolute atomic E-state index is 0.0783. The van der Waals surface area contributed by atoms with Crippen LogP contribution in [0.1, 0.15) is 19.3 Å². The number of hydrogen-bond acceptors (Lipinski definition) is 5. The van der Waals surface area contributed by atoms with E-state index in [0.717, 1.165) is 19.3 Å². The maximum absolute atomic E-state index is 12.0. The van der Waals surface area contributed by atoms with Crippen molar-refractivity contribution in [2.24, 2.45) is 7.05 Å². The molecule has 3 N–H and O–H groups in total. The molecule has 1 aromatic rings. The zero-order chi connectivity index (χ0) is 14.8.